The second-order valence-electron chi connectivity index (χ2n) is 4.67. The Morgan fingerprint density at radius 3 is 2.50 bits per heavy atom. The molecule has 0 fully saturated rings. The molecule has 0 bridgehead atoms. The van der Waals surface area contributed by atoms with Gasteiger partial charge in [-0.3, -0.25) is 0 Å². The zero-order valence-corrected chi connectivity index (χ0v) is 10.8. The van der Waals surface area contributed by atoms with E-state index in [1.165, 1.54) is 63.4 Å². The van der Waals surface area contributed by atoms with Crippen molar-refractivity contribution in [3.8, 4) is 0 Å². The van der Waals surface area contributed by atoms with Crippen molar-refractivity contribution in [1.29, 1.82) is 0 Å². The Morgan fingerprint density at radius 2 is 1.75 bits per heavy atom. The summed E-state index contributed by atoms with van der Waals surface area (Å²) in [6, 6.07) is 0. The normalized spacial score (nSPS) is 25.9. The summed E-state index contributed by atoms with van der Waals surface area (Å²) in [7, 11) is 0. The molecule has 0 unspecified atom stereocenters. The van der Waals surface area contributed by atoms with Crippen molar-refractivity contribution in [2.75, 3.05) is 0 Å². The highest BCUT2D eigenvalue weighted by molar-refractivity contribution is 5.23. The van der Waals surface area contributed by atoms with Crippen LogP contribution in [0.1, 0.15) is 64.7 Å². The van der Waals surface area contributed by atoms with Gasteiger partial charge in [-0.1, -0.05) is 56.6 Å². The predicted octanol–water partition coefficient (Wildman–Crippen LogP) is 5.57. The van der Waals surface area contributed by atoms with Gasteiger partial charge in [-0.2, -0.15) is 0 Å². The highest BCUT2D eigenvalue weighted by Crippen LogP contribution is 2.13. The standard InChI is InChI=1S/C16H26/c1-2-3-13-16-14-11-9-7-5-4-6-8-10-12-15-16/h9,11-12,14-15H,2-8,10,13H2,1H3/b11-9+,15-12+,16-14-. The zero-order chi connectivity index (χ0) is 11.5. The van der Waals surface area contributed by atoms with Gasteiger partial charge in [0.1, 0.15) is 0 Å². The fourth-order valence-electron chi connectivity index (χ4n) is 2.00. The van der Waals surface area contributed by atoms with Crippen LogP contribution >= 0.6 is 0 Å². The van der Waals surface area contributed by atoms with Gasteiger partial charge in [-0.25, -0.2) is 0 Å². The van der Waals surface area contributed by atoms with E-state index in [2.05, 4.69) is 37.3 Å². The molecule has 0 spiro atoms. The maximum atomic E-state index is 2.36. The van der Waals surface area contributed by atoms with Crippen LogP contribution in [-0.2, 0) is 0 Å². The maximum absolute atomic E-state index is 2.36. The molecule has 0 radical (unpaired) electrons. The van der Waals surface area contributed by atoms with E-state index in [0.29, 0.717) is 0 Å². The maximum Gasteiger partial charge on any atom is -0.0279 e. The Labute approximate surface area is 101 Å². The van der Waals surface area contributed by atoms with Gasteiger partial charge < -0.3 is 0 Å². The topological polar surface area (TPSA) is 0 Å². The molecule has 1 aliphatic carbocycles. The lowest BCUT2D eigenvalue weighted by Crippen LogP contribution is -1.82. The fourth-order valence-corrected chi connectivity index (χ4v) is 2.00. The fraction of sp³-hybridized carbons (Fsp3) is 0.625. The summed E-state index contributed by atoms with van der Waals surface area (Å²) in [5, 5.41) is 0. The van der Waals surface area contributed by atoms with Crippen LogP contribution in [0.25, 0.3) is 0 Å². The summed E-state index contributed by atoms with van der Waals surface area (Å²) in [5.41, 5.74) is 1.50. The summed E-state index contributed by atoms with van der Waals surface area (Å²) >= 11 is 0. The summed E-state index contributed by atoms with van der Waals surface area (Å²) in [5.74, 6) is 0. The Morgan fingerprint density at radius 1 is 1.00 bits per heavy atom. The predicted molar refractivity (Wildman–Crippen MR) is 73.6 cm³/mol. The van der Waals surface area contributed by atoms with E-state index in [9.17, 15) is 0 Å². The lowest BCUT2D eigenvalue weighted by molar-refractivity contribution is 0.652. The van der Waals surface area contributed by atoms with Crippen molar-refractivity contribution in [3.05, 3.63) is 36.0 Å². The highest BCUT2D eigenvalue weighted by Gasteiger charge is 1.93. The van der Waals surface area contributed by atoms with Gasteiger partial charge in [0.2, 0.25) is 0 Å². The van der Waals surface area contributed by atoms with Crippen LogP contribution in [0.15, 0.2) is 36.0 Å². The Hall–Kier alpha value is -0.780. The Kier molecular flexibility index (Phi) is 7.84. The molecule has 0 atom stereocenters. The molecule has 16 heavy (non-hydrogen) atoms. The van der Waals surface area contributed by atoms with E-state index in [-0.39, 0.29) is 0 Å². The lowest BCUT2D eigenvalue weighted by atomic mass is 10.0. The van der Waals surface area contributed by atoms with Crippen LogP contribution in [0, 0.1) is 0 Å². The quantitative estimate of drug-likeness (QED) is 0.581. The van der Waals surface area contributed by atoms with E-state index < -0.39 is 0 Å². The molecule has 1 rings (SSSR count). The van der Waals surface area contributed by atoms with E-state index in [0.717, 1.165) is 0 Å². The minimum absolute atomic E-state index is 1.23. The SMILES string of the molecule is CCCCC1=C/C=C/CCCCCC\C=C\1. The number of rotatable bonds is 3. The summed E-state index contributed by atoms with van der Waals surface area (Å²) in [6.45, 7) is 2.26. The van der Waals surface area contributed by atoms with Crippen LogP contribution in [0.4, 0.5) is 0 Å². The van der Waals surface area contributed by atoms with Gasteiger partial charge in [-0.15, -0.1) is 0 Å². The molecule has 0 heterocycles. The summed E-state index contributed by atoms with van der Waals surface area (Å²) < 4.78 is 0. The van der Waals surface area contributed by atoms with Gasteiger partial charge in [-0.05, 0) is 44.1 Å². The molecule has 90 valence electrons. The number of hydrogen-bond acceptors (Lipinski definition) is 0. The first kappa shape index (κ1) is 13.3. The average molecular weight is 218 g/mol. The molecule has 0 saturated heterocycles. The van der Waals surface area contributed by atoms with Gasteiger partial charge in [0.05, 0.1) is 0 Å². The van der Waals surface area contributed by atoms with Gasteiger partial charge in [0, 0.05) is 0 Å². The van der Waals surface area contributed by atoms with Crippen LogP contribution in [-0.4, -0.2) is 0 Å². The number of unbranched alkanes of at least 4 members (excludes halogenated alkanes) is 1. The van der Waals surface area contributed by atoms with Crippen LogP contribution in [0.2, 0.25) is 0 Å². The molecule has 0 N–H and O–H groups in total. The second-order valence-corrected chi connectivity index (χ2v) is 4.67. The van der Waals surface area contributed by atoms with E-state index in [1.807, 2.05) is 0 Å². The average Bonchev–Trinajstić information content (AvgIpc) is 2.28. The van der Waals surface area contributed by atoms with Gasteiger partial charge in [0.15, 0.2) is 0 Å². The first-order chi connectivity index (χ1) is 7.93. The van der Waals surface area contributed by atoms with Crippen molar-refractivity contribution >= 4 is 0 Å². The molecule has 1 aliphatic rings. The monoisotopic (exact) mass is 218 g/mol. The van der Waals surface area contributed by atoms with Crippen molar-refractivity contribution in [2.45, 2.75) is 64.7 Å². The molecule has 0 aromatic heterocycles. The molecule has 0 amide bonds. The molecule has 0 aromatic carbocycles. The molecule has 0 aromatic rings. The first-order valence-corrected chi connectivity index (χ1v) is 6.95. The molecular formula is C16H26. The summed E-state index contributed by atoms with van der Waals surface area (Å²) in [6.07, 6.45) is 23.4. The smallest absolute Gasteiger partial charge is 0.0279 e. The molecule has 0 saturated carbocycles. The zero-order valence-electron chi connectivity index (χ0n) is 10.8. The molecular weight excluding hydrogens is 192 g/mol. The van der Waals surface area contributed by atoms with Crippen molar-refractivity contribution in [2.24, 2.45) is 0 Å². The first-order valence-electron chi connectivity index (χ1n) is 6.95. The van der Waals surface area contributed by atoms with Crippen molar-refractivity contribution < 1.29 is 0 Å². The third kappa shape index (κ3) is 6.66. The van der Waals surface area contributed by atoms with Gasteiger partial charge in [0.25, 0.3) is 0 Å². The number of hydrogen-bond donors (Lipinski definition) is 0. The third-order valence-corrected chi connectivity index (χ3v) is 3.09. The van der Waals surface area contributed by atoms with Crippen LogP contribution in [0.3, 0.4) is 0 Å². The van der Waals surface area contributed by atoms with Gasteiger partial charge >= 0.3 is 0 Å². The van der Waals surface area contributed by atoms with E-state index >= 15 is 0 Å². The lowest BCUT2D eigenvalue weighted by Gasteiger charge is -2.02. The highest BCUT2D eigenvalue weighted by atomic mass is 14.0. The number of allylic oxidation sites excluding steroid dienone is 6. The minimum Gasteiger partial charge on any atom is -0.0845 e. The van der Waals surface area contributed by atoms with Crippen molar-refractivity contribution in [1.82, 2.24) is 0 Å². The second kappa shape index (κ2) is 9.45. The van der Waals surface area contributed by atoms with Crippen LogP contribution in [0.5, 0.6) is 0 Å². The third-order valence-electron chi connectivity index (χ3n) is 3.09. The Balaban J connectivity index is 2.51. The molecule has 0 heteroatoms. The van der Waals surface area contributed by atoms with Crippen molar-refractivity contribution in [3.63, 3.8) is 0 Å². The molecule has 0 aliphatic heterocycles. The Bertz CT molecular complexity index is 243. The van der Waals surface area contributed by atoms with Crippen LogP contribution < -0.4 is 0 Å². The minimum atomic E-state index is 1.23. The van der Waals surface area contributed by atoms with E-state index in [1.54, 1.807) is 0 Å². The summed E-state index contributed by atoms with van der Waals surface area (Å²) in [4.78, 5) is 0. The largest absolute Gasteiger partial charge is 0.0845 e. The molecule has 0 nitrogen and oxygen atoms in total. The van der Waals surface area contributed by atoms with E-state index in [4.69, 9.17) is 0 Å².